The van der Waals surface area contributed by atoms with Crippen molar-refractivity contribution in [2.75, 3.05) is 19.8 Å². The molecule has 0 atom stereocenters. The van der Waals surface area contributed by atoms with E-state index in [1.54, 1.807) is 0 Å². The molecule has 0 radical (unpaired) electrons. The topological polar surface area (TPSA) is 30.5 Å². The lowest BCUT2D eigenvalue weighted by atomic mass is 10.1. The van der Waals surface area contributed by atoms with E-state index in [-0.39, 0.29) is 0 Å². The van der Waals surface area contributed by atoms with Gasteiger partial charge in [-0.25, -0.2) is 0 Å². The van der Waals surface area contributed by atoms with E-state index in [9.17, 15) is 0 Å². The summed E-state index contributed by atoms with van der Waals surface area (Å²) in [5.74, 6) is 2.29. The first-order valence-electron chi connectivity index (χ1n) is 7.76. The van der Waals surface area contributed by atoms with Crippen LogP contribution in [-0.4, -0.2) is 19.8 Å². The van der Waals surface area contributed by atoms with Gasteiger partial charge in [0.15, 0.2) is 11.5 Å². The van der Waals surface area contributed by atoms with Crippen LogP contribution in [0.25, 0.3) is 0 Å². The highest BCUT2D eigenvalue weighted by Crippen LogP contribution is 2.28. The Morgan fingerprint density at radius 3 is 2.62 bits per heavy atom. The number of rotatable bonds is 10. The molecule has 118 valence electrons. The molecule has 3 nitrogen and oxygen atoms in total. The first-order valence-corrected chi connectivity index (χ1v) is 7.76. The van der Waals surface area contributed by atoms with E-state index >= 15 is 0 Å². The molecule has 1 rings (SSSR count). The summed E-state index contributed by atoms with van der Waals surface area (Å²) >= 11 is 0. The zero-order chi connectivity index (χ0) is 15.7. The van der Waals surface area contributed by atoms with Crippen molar-refractivity contribution >= 4 is 0 Å². The van der Waals surface area contributed by atoms with E-state index < -0.39 is 0 Å². The second-order valence-corrected chi connectivity index (χ2v) is 5.79. The van der Waals surface area contributed by atoms with Crippen LogP contribution in [0.1, 0.15) is 39.7 Å². The number of nitrogens with one attached hydrogen (secondary N) is 1. The fraction of sp³-hybridized carbons (Fsp3) is 0.556. The maximum absolute atomic E-state index is 5.79. The average molecular weight is 291 g/mol. The number of benzene rings is 1. The normalized spacial score (nSPS) is 10.7. The molecule has 0 aliphatic carbocycles. The third kappa shape index (κ3) is 7.19. The zero-order valence-electron chi connectivity index (χ0n) is 13.9. The molecular weight excluding hydrogens is 262 g/mol. The van der Waals surface area contributed by atoms with Crippen LogP contribution in [0.5, 0.6) is 11.5 Å². The van der Waals surface area contributed by atoms with Crippen LogP contribution >= 0.6 is 0 Å². The van der Waals surface area contributed by atoms with E-state index in [0.29, 0.717) is 19.1 Å². The molecular formula is C18H29NO2. The van der Waals surface area contributed by atoms with Crippen molar-refractivity contribution in [3.05, 3.63) is 35.9 Å². The molecule has 1 aromatic carbocycles. The molecule has 0 spiro atoms. The maximum Gasteiger partial charge on any atom is 0.161 e. The lowest BCUT2D eigenvalue weighted by molar-refractivity contribution is 0.279. The van der Waals surface area contributed by atoms with Gasteiger partial charge in [-0.15, -0.1) is 6.58 Å². The van der Waals surface area contributed by atoms with E-state index in [4.69, 9.17) is 9.47 Å². The summed E-state index contributed by atoms with van der Waals surface area (Å²) in [6, 6.07) is 6.15. The molecule has 0 heterocycles. The SMILES string of the molecule is C=C(C)CCOc1ccc(CNCC(C)C)cc1OCC. The molecule has 0 aliphatic heterocycles. The first-order chi connectivity index (χ1) is 10.0. The second kappa shape index (κ2) is 9.46. The van der Waals surface area contributed by atoms with Gasteiger partial charge in [-0.05, 0) is 44.0 Å². The summed E-state index contributed by atoms with van der Waals surface area (Å²) in [4.78, 5) is 0. The van der Waals surface area contributed by atoms with Crippen LogP contribution in [0.4, 0.5) is 0 Å². The van der Waals surface area contributed by atoms with Gasteiger partial charge in [0, 0.05) is 13.0 Å². The summed E-state index contributed by atoms with van der Waals surface area (Å²) < 4.78 is 11.5. The number of hydrogen-bond acceptors (Lipinski definition) is 3. The molecule has 21 heavy (non-hydrogen) atoms. The molecule has 1 N–H and O–H groups in total. The Bertz CT molecular complexity index is 441. The molecule has 0 aliphatic rings. The molecule has 0 saturated heterocycles. The molecule has 1 aromatic rings. The lowest BCUT2D eigenvalue weighted by Crippen LogP contribution is -2.19. The highest BCUT2D eigenvalue weighted by molar-refractivity contribution is 5.43. The van der Waals surface area contributed by atoms with Crippen LogP contribution in [0, 0.1) is 5.92 Å². The Morgan fingerprint density at radius 1 is 1.24 bits per heavy atom. The van der Waals surface area contributed by atoms with Crippen molar-refractivity contribution < 1.29 is 9.47 Å². The van der Waals surface area contributed by atoms with Gasteiger partial charge in [0.25, 0.3) is 0 Å². The number of ether oxygens (including phenoxy) is 2. The largest absolute Gasteiger partial charge is 0.490 e. The minimum absolute atomic E-state index is 0.639. The Labute approximate surface area is 129 Å². The van der Waals surface area contributed by atoms with Gasteiger partial charge in [0.05, 0.1) is 13.2 Å². The van der Waals surface area contributed by atoms with E-state index in [0.717, 1.165) is 36.6 Å². The third-order valence-corrected chi connectivity index (χ3v) is 2.98. The highest BCUT2D eigenvalue weighted by atomic mass is 16.5. The second-order valence-electron chi connectivity index (χ2n) is 5.79. The summed E-state index contributed by atoms with van der Waals surface area (Å²) in [5.41, 5.74) is 2.34. The van der Waals surface area contributed by atoms with Crippen LogP contribution in [0.3, 0.4) is 0 Å². The fourth-order valence-corrected chi connectivity index (χ4v) is 1.89. The third-order valence-electron chi connectivity index (χ3n) is 2.98. The Morgan fingerprint density at radius 2 is 2.00 bits per heavy atom. The van der Waals surface area contributed by atoms with Crippen LogP contribution < -0.4 is 14.8 Å². The highest BCUT2D eigenvalue weighted by Gasteiger charge is 2.07. The van der Waals surface area contributed by atoms with Crippen molar-refractivity contribution in [1.82, 2.24) is 5.32 Å². The van der Waals surface area contributed by atoms with Crippen molar-refractivity contribution in [3.63, 3.8) is 0 Å². The molecule has 0 amide bonds. The summed E-state index contributed by atoms with van der Waals surface area (Å²) in [7, 11) is 0. The summed E-state index contributed by atoms with van der Waals surface area (Å²) in [6.45, 7) is 15.4. The molecule has 0 fully saturated rings. The molecule has 0 unspecified atom stereocenters. The van der Waals surface area contributed by atoms with Gasteiger partial charge >= 0.3 is 0 Å². The predicted octanol–water partition coefficient (Wildman–Crippen LogP) is 4.18. The van der Waals surface area contributed by atoms with Gasteiger partial charge in [-0.3, -0.25) is 0 Å². The minimum Gasteiger partial charge on any atom is -0.490 e. The van der Waals surface area contributed by atoms with Crippen molar-refractivity contribution in [3.8, 4) is 11.5 Å². The van der Waals surface area contributed by atoms with Crippen LogP contribution in [-0.2, 0) is 6.54 Å². The smallest absolute Gasteiger partial charge is 0.161 e. The summed E-state index contributed by atoms with van der Waals surface area (Å²) in [6.07, 6.45) is 0.864. The van der Waals surface area contributed by atoms with Gasteiger partial charge < -0.3 is 14.8 Å². The van der Waals surface area contributed by atoms with E-state index in [2.05, 4.69) is 37.9 Å². The van der Waals surface area contributed by atoms with E-state index in [1.165, 1.54) is 5.56 Å². The molecule has 0 aromatic heterocycles. The maximum atomic E-state index is 5.79. The fourth-order valence-electron chi connectivity index (χ4n) is 1.89. The first kappa shape index (κ1) is 17.6. The summed E-state index contributed by atoms with van der Waals surface area (Å²) in [5, 5.41) is 3.44. The predicted molar refractivity (Wildman–Crippen MR) is 89.1 cm³/mol. The Hall–Kier alpha value is -1.48. The Balaban J connectivity index is 2.64. The van der Waals surface area contributed by atoms with Crippen molar-refractivity contribution in [1.29, 1.82) is 0 Å². The van der Waals surface area contributed by atoms with Crippen LogP contribution in [0.15, 0.2) is 30.4 Å². The van der Waals surface area contributed by atoms with Gasteiger partial charge in [0.1, 0.15) is 0 Å². The van der Waals surface area contributed by atoms with Crippen molar-refractivity contribution in [2.24, 2.45) is 5.92 Å². The van der Waals surface area contributed by atoms with Gasteiger partial charge in [0.2, 0.25) is 0 Å². The van der Waals surface area contributed by atoms with Crippen molar-refractivity contribution in [2.45, 2.75) is 40.7 Å². The van der Waals surface area contributed by atoms with Gasteiger partial charge in [-0.1, -0.05) is 25.5 Å². The molecule has 0 saturated carbocycles. The standard InChI is InChI=1S/C18H29NO2/c1-6-20-18-11-16(13-19-12-15(4)5)7-8-17(18)21-10-9-14(2)3/h7-8,11,15,19H,2,6,9-10,12-13H2,1,3-5H3. The Kier molecular flexibility index (Phi) is 7.91. The quantitative estimate of drug-likeness (QED) is 0.656. The molecule has 3 heteroatoms. The average Bonchev–Trinajstić information content (AvgIpc) is 2.40. The van der Waals surface area contributed by atoms with E-state index in [1.807, 2.05) is 19.9 Å². The number of hydrogen-bond donors (Lipinski definition) is 1. The van der Waals surface area contributed by atoms with Crippen LogP contribution in [0.2, 0.25) is 0 Å². The monoisotopic (exact) mass is 291 g/mol. The van der Waals surface area contributed by atoms with Gasteiger partial charge in [-0.2, -0.15) is 0 Å². The molecule has 0 bridgehead atoms. The minimum atomic E-state index is 0.639. The zero-order valence-corrected chi connectivity index (χ0v) is 13.9. The lowest BCUT2D eigenvalue weighted by Gasteiger charge is -2.14.